The third kappa shape index (κ3) is 4.72. The van der Waals surface area contributed by atoms with E-state index in [0.29, 0.717) is 6.10 Å². The molecule has 0 aromatic heterocycles. The van der Waals surface area contributed by atoms with E-state index in [1.165, 1.54) is 5.56 Å². The summed E-state index contributed by atoms with van der Waals surface area (Å²) >= 11 is 0. The number of rotatable bonds is 8. The summed E-state index contributed by atoms with van der Waals surface area (Å²) in [6.07, 6.45) is 5.14. The van der Waals surface area contributed by atoms with Crippen LogP contribution in [0.4, 0.5) is 0 Å². The number of benzene rings is 1. The van der Waals surface area contributed by atoms with Crippen molar-refractivity contribution in [1.29, 1.82) is 0 Å². The Labute approximate surface area is 129 Å². The maximum atomic E-state index is 6.08. The highest BCUT2D eigenvalue weighted by Gasteiger charge is 2.30. The highest BCUT2D eigenvalue weighted by Crippen LogP contribution is 2.31. The fraction of sp³-hybridized carbons (Fsp3) is 0.667. The molecular weight excluding hydrogens is 262 g/mol. The molecule has 0 saturated carbocycles. The Bertz CT molecular complexity index is 404. The van der Waals surface area contributed by atoms with E-state index in [0.717, 1.165) is 44.6 Å². The largest absolute Gasteiger partial charge is 0.494 e. The predicted molar refractivity (Wildman–Crippen MR) is 86.8 cm³/mol. The van der Waals surface area contributed by atoms with Gasteiger partial charge in [0.1, 0.15) is 5.75 Å². The van der Waals surface area contributed by atoms with Crippen molar-refractivity contribution in [2.45, 2.75) is 64.7 Å². The fourth-order valence-corrected chi connectivity index (χ4v) is 2.83. The Morgan fingerprint density at radius 3 is 2.52 bits per heavy atom. The van der Waals surface area contributed by atoms with Crippen molar-refractivity contribution in [3.63, 3.8) is 0 Å². The first-order valence-corrected chi connectivity index (χ1v) is 8.36. The number of hydrogen-bond acceptors (Lipinski definition) is 3. The van der Waals surface area contributed by atoms with E-state index in [9.17, 15) is 0 Å². The minimum atomic E-state index is 0.286. The van der Waals surface area contributed by atoms with Crippen LogP contribution in [0.3, 0.4) is 0 Å². The molecule has 1 aromatic rings. The van der Waals surface area contributed by atoms with Crippen LogP contribution in [-0.2, 0) is 4.74 Å². The summed E-state index contributed by atoms with van der Waals surface area (Å²) in [4.78, 5) is 0. The third-order valence-corrected chi connectivity index (χ3v) is 3.96. The highest BCUT2D eigenvalue weighted by atomic mass is 16.5. The maximum absolute atomic E-state index is 6.08. The van der Waals surface area contributed by atoms with Crippen molar-refractivity contribution in [2.24, 2.45) is 0 Å². The van der Waals surface area contributed by atoms with Crippen LogP contribution in [0.1, 0.15) is 58.1 Å². The van der Waals surface area contributed by atoms with Gasteiger partial charge in [0.15, 0.2) is 0 Å². The van der Waals surface area contributed by atoms with Crippen LogP contribution in [0, 0.1) is 0 Å². The molecule has 0 bridgehead atoms. The zero-order chi connectivity index (χ0) is 15.1. The van der Waals surface area contributed by atoms with Crippen LogP contribution in [0.2, 0.25) is 0 Å². The van der Waals surface area contributed by atoms with Crippen molar-refractivity contribution >= 4 is 0 Å². The van der Waals surface area contributed by atoms with Gasteiger partial charge in [-0.25, -0.2) is 0 Å². The Morgan fingerprint density at radius 2 is 1.95 bits per heavy atom. The van der Waals surface area contributed by atoms with Crippen LogP contribution in [-0.4, -0.2) is 25.4 Å². The first-order chi connectivity index (χ1) is 10.2. The van der Waals surface area contributed by atoms with E-state index in [2.05, 4.69) is 50.4 Å². The van der Waals surface area contributed by atoms with Gasteiger partial charge in [-0.1, -0.05) is 26.0 Å². The molecule has 0 spiro atoms. The Morgan fingerprint density at radius 1 is 1.19 bits per heavy atom. The van der Waals surface area contributed by atoms with Gasteiger partial charge in [0.25, 0.3) is 0 Å². The second-order valence-corrected chi connectivity index (χ2v) is 5.91. The van der Waals surface area contributed by atoms with Crippen LogP contribution < -0.4 is 10.1 Å². The normalized spacial score (nSPS) is 23.2. The molecule has 0 amide bonds. The van der Waals surface area contributed by atoms with E-state index >= 15 is 0 Å². The molecule has 2 rings (SSSR count). The van der Waals surface area contributed by atoms with Gasteiger partial charge in [0.05, 0.1) is 24.9 Å². The molecule has 1 heterocycles. The molecule has 3 nitrogen and oxygen atoms in total. The van der Waals surface area contributed by atoms with Crippen molar-refractivity contribution in [1.82, 2.24) is 5.32 Å². The van der Waals surface area contributed by atoms with Crippen molar-refractivity contribution in [3.8, 4) is 5.75 Å². The molecule has 1 aliphatic rings. The molecule has 1 fully saturated rings. The second kappa shape index (κ2) is 8.40. The summed E-state index contributed by atoms with van der Waals surface area (Å²) in [6.45, 7) is 8.28. The van der Waals surface area contributed by atoms with Crippen LogP contribution >= 0.6 is 0 Å². The molecule has 1 aliphatic heterocycles. The van der Waals surface area contributed by atoms with Gasteiger partial charge >= 0.3 is 0 Å². The van der Waals surface area contributed by atoms with Crippen LogP contribution in [0.15, 0.2) is 24.3 Å². The van der Waals surface area contributed by atoms with Gasteiger partial charge in [0, 0.05) is 0 Å². The van der Waals surface area contributed by atoms with E-state index in [4.69, 9.17) is 9.47 Å². The lowest BCUT2D eigenvalue weighted by atomic mass is 9.99. The minimum Gasteiger partial charge on any atom is -0.494 e. The van der Waals surface area contributed by atoms with E-state index < -0.39 is 0 Å². The average Bonchev–Trinajstić information content (AvgIpc) is 2.93. The zero-order valence-electron chi connectivity index (χ0n) is 13.6. The van der Waals surface area contributed by atoms with Gasteiger partial charge in [0.2, 0.25) is 0 Å². The molecule has 0 aliphatic carbocycles. The van der Waals surface area contributed by atoms with Crippen molar-refractivity contribution < 1.29 is 9.47 Å². The molecule has 118 valence electrons. The average molecular weight is 291 g/mol. The molecule has 3 heteroatoms. The summed E-state index contributed by atoms with van der Waals surface area (Å²) in [5.74, 6) is 0.954. The molecule has 1 saturated heterocycles. The molecule has 3 unspecified atom stereocenters. The number of nitrogens with one attached hydrogen (secondary N) is 1. The molecule has 1 aromatic carbocycles. The zero-order valence-corrected chi connectivity index (χ0v) is 13.6. The third-order valence-electron chi connectivity index (χ3n) is 3.96. The van der Waals surface area contributed by atoms with Crippen LogP contribution in [0.5, 0.6) is 5.75 Å². The van der Waals surface area contributed by atoms with Gasteiger partial charge in [-0.15, -0.1) is 0 Å². The summed E-state index contributed by atoms with van der Waals surface area (Å²) in [6, 6.07) is 8.78. The second-order valence-electron chi connectivity index (χ2n) is 5.91. The van der Waals surface area contributed by atoms with Gasteiger partial charge in [-0.3, -0.25) is 0 Å². The SMILES string of the molecule is CCCNC(c1ccc(OCCC)cc1)C1CCC(C)O1. The summed E-state index contributed by atoms with van der Waals surface area (Å²) in [5.41, 5.74) is 1.30. The molecule has 3 atom stereocenters. The Kier molecular flexibility index (Phi) is 6.52. The van der Waals surface area contributed by atoms with E-state index in [1.54, 1.807) is 0 Å². The standard InChI is InChI=1S/C18H29NO2/c1-4-12-19-18(17-11-6-14(3)21-17)15-7-9-16(10-8-15)20-13-5-2/h7-10,14,17-19H,4-6,11-13H2,1-3H3. The smallest absolute Gasteiger partial charge is 0.119 e. The highest BCUT2D eigenvalue weighted by molar-refractivity contribution is 5.30. The minimum absolute atomic E-state index is 0.286. The first kappa shape index (κ1) is 16.3. The number of hydrogen-bond donors (Lipinski definition) is 1. The lowest BCUT2D eigenvalue weighted by Crippen LogP contribution is -2.32. The maximum Gasteiger partial charge on any atom is 0.119 e. The van der Waals surface area contributed by atoms with Crippen molar-refractivity contribution in [2.75, 3.05) is 13.2 Å². The summed E-state index contributed by atoms with van der Waals surface area (Å²) in [7, 11) is 0. The summed E-state index contributed by atoms with van der Waals surface area (Å²) in [5, 5.41) is 3.65. The summed E-state index contributed by atoms with van der Waals surface area (Å²) < 4.78 is 11.7. The fourth-order valence-electron chi connectivity index (χ4n) is 2.83. The molecule has 0 radical (unpaired) electrons. The quantitative estimate of drug-likeness (QED) is 0.782. The van der Waals surface area contributed by atoms with Gasteiger partial charge < -0.3 is 14.8 Å². The number of ether oxygens (including phenoxy) is 2. The van der Waals surface area contributed by atoms with Crippen LogP contribution in [0.25, 0.3) is 0 Å². The first-order valence-electron chi connectivity index (χ1n) is 8.36. The lowest BCUT2D eigenvalue weighted by Gasteiger charge is -2.25. The van der Waals surface area contributed by atoms with E-state index in [-0.39, 0.29) is 12.1 Å². The monoisotopic (exact) mass is 291 g/mol. The molecular formula is C18H29NO2. The lowest BCUT2D eigenvalue weighted by molar-refractivity contribution is 0.0316. The Balaban J connectivity index is 2.04. The van der Waals surface area contributed by atoms with Gasteiger partial charge in [-0.05, 0) is 56.8 Å². The molecule has 21 heavy (non-hydrogen) atoms. The van der Waals surface area contributed by atoms with Gasteiger partial charge in [-0.2, -0.15) is 0 Å². The molecule has 1 N–H and O–H groups in total. The van der Waals surface area contributed by atoms with Crippen molar-refractivity contribution in [3.05, 3.63) is 29.8 Å². The predicted octanol–water partition coefficient (Wildman–Crippen LogP) is 4.08. The Hall–Kier alpha value is -1.06. The van der Waals surface area contributed by atoms with E-state index in [1.807, 2.05) is 0 Å². The topological polar surface area (TPSA) is 30.5 Å².